The lowest BCUT2D eigenvalue weighted by Gasteiger charge is -2.09. The molecule has 0 amide bonds. The highest BCUT2D eigenvalue weighted by Gasteiger charge is 2.45. The minimum absolute atomic E-state index is 0.224. The maximum atomic E-state index is 11.2. The van der Waals surface area contributed by atoms with Crippen molar-refractivity contribution in [3.8, 4) is 0 Å². The molecule has 0 saturated heterocycles. The lowest BCUT2D eigenvalue weighted by atomic mass is 10.1. The molecule has 6 heteroatoms. The summed E-state index contributed by atoms with van der Waals surface area (Å²) in [6.45, 7) is 4.57. The van der Waals surface area contributed by atoms with E-state index in [-0.39, 0.29) is 16.7 Å². The third kappa shape index (κ3) is 2.73. The van der Waals surface area contributed by atoms with E-state index in [0.717, 1.165) is 6.42 Å². The van der Waals surface area contributed by atoms with Crippen molar-refractivity contribution in [1.29, 1.82) is 0 Å². The maximum Gasteiger partial charge on any atom is 0.343 e. The number of nitro benzene ring substituents is 1. The summed E-state index contributed by atoms with van der Waals surface area (Å²) < 4.78 is 0. The fourth-order valence-corrected chi connectivity index (χ4v) is 2.18. The fourth-order valence-electron chi connectivity index (χ4n) is 2.18. The summed E-state index contributed by atoms with van der Waals surface area (Å²) in [5.41, 5.74) is 0.0918. The van der Waals surface area contributed by atoms with Gasteiger partial charge in [-0.25, -0.2) is 4.79 Å². The first-order chi connectivity index (χ1) is 8.83. The molecule has 1 aromatic carbocycles. The summed E-state index contributed by atoms with van der Waals surface area (Å²) in [5, 5.41) is 23.2. The third-order valence-corrected chi connectivity index (χ3v) is 3.59. The van der Waals surface area contributed by atoms with Crippen molar-refractivity contribution >= 4 is 11.7 Å². The Morgan fingerprint density at radius 1 is 1.58 bits per heavy atom. The van der Waals surface area contributed by atoms with Crippen LogP contribution in [0.4, 0.5) is 5.69 Å². The second kappa shape index (κ2) is 4.62. The first kappa shape index (κ1) is 13.5. The van der Waals surface area contributed by atoms with E-state index in [4.69, 9.17) is 5.11 Å². The second-order valence-electron chi connectivity index (χ2n) is 5.50. The number of nitro groups is 1. The quantitative estimate of drug-likeness (QED) is 0.628. The normalized spacial score (nSPS) is 20.0. The van der Waals surface area contributed by atoms with Gasteiger partial charge in [-0.05, 0) is 17.4 Å². The van der Waals surface area contributed by atoms with Gasteiger partial charge in [0, 0.05) is 18.7 Å². The van der Waals surface area contributed by atoms with Crippen LogP contribution < -0.4 is 5.32 Å². The first-order valence-corrected chi connectivity index (χ1v) is 6.06. The van der Waals surface area contributed by atoms with Crippen LogP contribution in [0.1, 0.15) is 36.2 Å². The van der Waals surface area contributed by atoms with E-state index >= 15 is 0 Å². The third-order valence-electron chi connectivity index (χ3n) is 3.59. The van der Waals surface area contributed by atoms with Crippen LogP contribution >= 0.6 is 0 Å². The van der Waals surface area contributed by atoms with Gasteiger partial charge >= 0.3 is 5.97 Å². The lowest BCUT2D eigenvalue weighted by molar-refractivity contribution is -0.385. The van der Waals surface area contributed by atoms with Gasteiger partial charge in [0.15, 0.2) is 0 Å². The lowest BCUT2D eigenvalue weighted by Crippen LogP contribution is -2.21. The van der Waals surface area contributed by atoms with E-state index in [1.165, 1.54) is 12.1 Å². The van der Waals surface area contributed by atoms with E-state index in [1.54, 1.807) is 6.07 Å². The second-order valence-corrected chi connectivity index (χ2v) is 5.50. The Bertz CT molecular complexity index is 539. The number of hydrogen-bond donors (Lipinski definition) is 2. The summed E-state index contributed by atoms with van der Waals surface area (Å²) in [6.07, 6.45) is 1.03. The summed E-state index contributed by atoms with van der Waals surface area (Å²) >= 11 is 0. The largest absolute Gasteiger partial charge is 0.477 e. The molecular formula is C13H16N2O4. The van der Waals surface area contributed by atoms with Crippen molar-refractivity contribution in [3.05, 3.63) is 39.4 Å². The van der Waals surface area contributed by atoms with Gasteiger partial charge in [0.05, 0.1) is 4.92 Å². The average Bonchev–Trinajstić information content (AvgIpc) is 2.93. The molecule has 1 aliphatic rings. The maximum absolute atomic E-state index is 11.2. The topological polar surface area (TPSA) is 92.5 Å². The van der Waals surface area contributed by atoms with Crippen molar-refractivity contribution < 1.29 is 14.8 Å². The number of benzene rings is 1. The Kier molecular flexibility index (Phi) is 3.28. The molecule has 0 heterocycles. The molecule has 1 saturated carbocycles. The molecule has 1 unspecified atom stereocenters. The summed E-state index contributed by atoms with van der Waals surface area (Å²) in [6, 6.07) is 4.68. The van der Waals surface area contributed by atoms with Crippen LogP contribution in [0, 0.1) is 15.5 Å². The van der Waals surface area contributed by atoms with Crippen LogP contribution in [0.15, 0.2) is 18.2 Å². The van der Waals surface area contributed by atoms with Crippen LogP contribution in [-0.4, -0.2) is 22.0 Å². The minimum atomic E-state index is -1.26. The monoisotopic (exact) mass is 264 g/mol. The van der Waals surface area contributed by atoms with Crippen LogP contribution in [0.3, 0.4) is 0 Å². The molecule has 102 valence electrons. The van der Waals surface area contributed by atoms with Gasteiger partial charge in [-0.1, -0.05) is 26.0 Å². The van der Waals surface area contributed by atoms with Crippen LogP contribution in [0.2, 0.25) is 0 Å². The molecule has 1 aliphatic carbocycles. The summed E-state index contributed by atoms with van der Waals surface area (Å²) in [5.74, 6) is -1.26. The van der Waals surface area contributed by atoms with Gasteiger partial charge in [0.1, 0.15) is 5.56 Å². The number of carboxylic acids is 1. The van der Waals surface area contributed by atoms with Crippen molar-refractivity contribution in [3.63, 3.8) is 0 Å². The van der Waals surface area contributed by atoms with Crippen LogP contribution in [0.25, 0.3) is 0 Å². The van der Waals surface area contributed by atoms with E-state index in [1.807, 2.05) is 0 Å². The Morgan fingerprint density at radius 2 is 2.21 bits per heavy atom. The smallest absolute Gasteiger partial charge is 0.343 e. The molecule has 0 spiro atoms. The molecule has 0 aromatic heterocycles. The zero-order chi connectivity index (χ0) is 14.2. The Morgan fingerprint density at radius 3 is 2.68 bits per heavy atom. The van der Waals surface area contributed by atoms with Crippen molar-refractivity contribution in [2.75, 3.05) is 0 Å². The molecule has 2 N–H and O–H groups in total. The molecular weight excluding hydrogens is 248 g/mol. The number of hydrogen-bond acceptors (Lipinski definition) is 4. The van der Waals surface area contributed by atoms with Gasteiger partial charge in [-0.2, -0.15) is 0 Å². The molecule has 19 heavy (non-hydrogen) atoms. The molecule has 6 nitrogen and oxygen atoms in total. The number of aromatic carboxylic acids is 1. The number of nitrogens with zero attached hydrogens (tertiary/aromatic N) is 1. The highest BCUT2D eigenvalue weighted by atomic mass is 16.6. The highest BCUT2D eigenvalue weighted by Crippen LogP contribution is 2.44. The number of nitrogens with one attached hydrogen (secondary N) is 1. The van der Waals surface area contributed by atoms with E-state index in [0.29, 0.717) is 18.2 Å². The number of carbonyl (C=O) groups is 1. The van der Waals surface area contributed by atoms with Gasteiger partial charge < -0.3 is 10.4 Å². The molecule has 0 radical (unpaired) electrons. The average molecular weight is 264 g/mol. The van der Waals surface area contributed by atoms with E-state index in [2.05, 4.69) is 19.2 Å². The van der Waals surface area contributed by atoms with E-state index < -0.39 is 10.9 Å². The zero-order valence-electron chi connectivity index (χ0n) is 10.8. The Balaban J connectivity index is 2.22. The first-order valence-electron chi connectivity index (χ1n) is 6.06. The van der Waals surface area contributed by atoms with Gasteiger partial charge in [0.25, 0.3) is 5.69 Å². The van der Waals surface area contributed by atoms with Crippen molar-refractivity contribution in [2.45, 2.75) is 32.9 Å². The molecule has 0 bridgehead atoms. The van der Waals surface area contributed by atoms with Crippen molar-refractivity contribution in [1.82, 2.24) is 5.32 Å². The summed E-state index contributed by atoms with van der Waals surface area (Å²) in [4.78, 5) is 21.4. The fraction of sp³-hybridized carbons (Fsp3) is 0.462. The van der Waals surface area contributed by atoms with E-state index in [9.17, 15) is 14.9 Å². The van der Waals surface area contributed by atoms with Gasteiger partial charge in [-0.3, -0.25) is 10.1 Å². The van der Waals surface area contributed by atoms with Crippen LogP contribution in [-0.2, 0) is 6.54 Å². The standard InChI is InChI=1S/C13H16N2O4/c1-13(2)6-10(13)14-7-8-4-3-5-9(15(18)19)11(8)12(16)17/h3-5,10,14H,6-7H2,1-2H3,(H,16,17). The number of carboxylic acid groups (broad SMARTS) is 1. The van der Waals surface area contributed by atoms with Gasteiger partial charge in [0.2, 0.25) is 0 Å². The molecule has 1 aromatic rings. The van der Waals surface area contributed by atoms with Gasteiger partial charge in [-0.15, -0.1) is 0 Å². The summed E-state index contributed by atoms with van der Waals surface area (Å²) in [7, 11) is 0. The highest BCUT2D eigenvalue weighted by molar-refractivity contribution is 5.94. The molecule has 1 fully saturated rings. The predicted octanol–water partition coefficient (Wildman–Crippen LogP) is 2.18. The molecule has 2 rings (SSSR count). The molecule has 1 atom stereocenters. The number of rotatable bonds is 5. The molecule has 0 aliphatic heterocycles. The Hall–Kier alpha value is -1.95. The van der Waals surface area contributed by atoms with Crippen molar-refractivity contribution in [2.24, 2.45) is 5.41 Å². The minimum Gasteiger partial charge on any atom is -0.477 e. The zero-order valence-corrected chi connectivity index (χ0v) is 10.8. The Labute approximate surface area is 110 Å². The van der Waals surface area contributed by atoms with Crippen LogP contribution in [0.5, 0.6) is 0 Å². The SMILES string of the molecule is CC1(C)CC1NCc1cccc([N+](=O)[O-])c1C(=O)O. The predicted molar refractivity (Wildman–Crippen MR) is 69.1 cm³/mol.